The van der Waals surface area contributed by atoms with Crippen LogP contribution in [0.2, 0.25) is 0 Å². The Morgan fingerprint density at radius 3 is 2.65 bits per heavy atom. The van der Waals surface area contributed by atoms with Crippen LogP contribution in [0.25, 0.3) is 0 Å². The van der Waals surface area contributed by atoms with Crippen LogP contribution in [0.1, 0.15) is 32.9 Å². The molecule has 96 valence electrons. The fourth-order valence-corrected chi connectivity index (χ4v) is 1.53. The fraction of sp³-hybridized carbons (Fsp3) is 0.643. The van der Waals surface area contributed by atoms with Gasteiger partial charge in [0.1, 0.15) is 11.9 Å². The maximum absolute atomic E-state index is 5.95. The summed E-state index contributed by atoms with van der Waals surface area (Å²) in [5, 5.41) is 3.40. The second-order valence-corrected chi connectivity index (χ2v) is 4.74. The zero-order valence-corrected chi connectivity index (χ0v) is 11.4. The summed E-state index contributed by atoms with van der Waals surface area (Å²) in [4.78, 5) is 4.24. The van der Waals surface area contributed by atoms with Crippen molar-refractivity contribution < 1.29 is 4.74 Å². The molecule has 0 aliphatic rings. The molecule has 1 aromatic rings. The van der Waals surface area contributed by atoms with E-state index in [4.69, 9.17) is 4.74 Å². The Balaban J connectivity index is 2.51. The van der Waals surface area contributed by atoms with Crippen LogP contribution < -0.4 is 10.1 Å². The number of hydrogen-bond acceptors (Lipinski definition) is 3. The summed E-state index contributed by atoms with van der Waals surface area (Å²) in [6.45, 7) is 10.4. The lowest BCUT2D eigenvalue weighted by atomic mass is 10.1. The highest BCUT2D eigenvalue weighted by Crippen LogP contribution is 2.14. The predicted molar refractivity (Wildman–Crippen MR) is 71.4 cm³/mol. The first-order valence-corrected chi connectivity index (χ1v) is 6.43. The molecule has 1 aromatic heterocycles. The van der Waals surface area contributed by atoms with Crippen LogP contribution in [0.15, 0.2) is 18.3 Å². The average Bonchev–Trinajstić information content (AvgIpc) is 2.30. The molecule has 1 heterocycles. The summed E-state index contributed by atoms with van der Waals surface area (Å²) in [6.07, 6.45) is 3.15. The van der Waals surface area contributed by atoms with Crippen molar-refractivity contribution in [2.75, 3.05) is 13.1 Å². The summed E-state index contributed by atoms with van der Waals surface area (Å²) >= 11 is 0. The zero-order chi connectivity index (χ0) is 12.7. The van der Waals surface area contributed by atoms with Crippen molar-refractivity contribution in [3.63, 3.8) is 0 Å². The summed E-state index contributed by atoms with van der Waals surface area (Å²) in [7, 11) is 0. The highest BCUT2D eigenvalue weighted by molar-refractivity contribution is 5.19. The molecule has 0 fully saturated rings. The Morgan fingerprint density at radius 2 is 2.12 bits per heavy atom. The molecule has 0 radical (unpaired) electrons. The van der Waals surface area contributed by atoms with Gasteiger partial charge in [0.25, 0.3) is 0 Å². The molecule has 0 bridgehead atoms. The van der Waals surface area contributed by atoms with E-state index in [9.17, 15) is 0 Å². The van der Waals surface area contributed by atoms with Gasteiger partial charge in [0.15, 0.2) is 0 Å². The highest BCUT2D eigenvalue weighted by atomic mass is 16.5. The lowest BCUT2D eigenvalue weighted by Crippen LogP contribution is -2.35. The molecule has 1 unspecified atom stereocenters. The normalized spacial score (nSPS) is 12.8. The van der Waals surface area contributed by atoms with E-state index in [-0.39, 0.29) is 6.10 Å². The molecule has 0 aliphatic heterocycles. The SMILES string of the molecule is CCCNCC(Oc1ccc(C)nc1)C(C)C. The lowest BCUT2D eigenvalue weighted by molar-refractivity contribution is 0.148. The number of rotatable bonds is 7. The minimum atomic E-state index is 0.200. The molecular formula is C14H24N2O. The van der Waals surface area contributed by atoms with Crippen LogP contribution in [0, 0.1) is 12.8 Å². The highest BCUT2D eigenvalue weighted by Gasteiger charge is 2.14. The third kappa shape index (κ3) is 5.18. The Morgan fingerprint density at radius 1 is 1.35 bits per heavy atom. The van der Waals surface area contributed by atoms with Gasteiger partial charge in [-0.3, -0.25) is 4.98 Å². The van der Waals surface area contributed by atoms with Gasteiger partial charge in [0, 0.05) is 12.2 Å². The number of nitrogens with one attached hydrogen (secondary N) is 1. The molecule has 3 nitrogen and oxygen atoms in total. The first-order valence-electron chi connectivity index (χ1n) is 6.43. The Kier molecular flexibility index (Phi) is 5.98. The van der Waals surface area contributed by atoms with E-state index < -0.39 is 0 Å². The van der Waals surface area contributed by atoms with Crippen molar-refractivity contribution in [3.8, 4) is 5.75 Å². The smallest absolute Gasteiger partial charge is 0.138 e. The fourth-order valence-electron chi connectivity index (χ4n) is 1.53. The summed E-state index contributed by atoms with van der Waals surface area (Å²) in [6, 6.07) is 3.96. The van der Waals surface area contributed by atoms with E-state index in [1.165, 1.54) is 0 Å². The number of ether oxygens (including phenoxy) is 1. The number of hydrogen-bond donors (Lipinski definition) is 1. The van der Waals surface area contributed by atoms with Crippen LogP contribution in [0.3, 0.4) is 0 Å². The Bertz CT molecular complexity index is 309. The van der Waals surface area contributed by atoms with Crippen LogP contribution in [0.4, 0.5) is 0 Å². The molecule has 1 N–H and O–H groups in total. The Hall–Kier alpha value is -1.09. The van der Waals surface area contributed by atoms with Crippen LogP contribution >= 0.6 is 0 Å². The third-order valence-electron chi connectivity index (χ3n) is 2.69. The van der Waals surface area contributed by atoms with Gasteiger partial charge >= 0.3 is 0 Å². The first-order chi connectivity index (χ1) is 8.13. The molecular weight excluding hydrogens is 212 g/mol. The molecule has 0 amide bonds. The predicted octanol–water partition coefficient (Wildman–Crippen LogP) is 2.79. The summed E-state index contributed by atoms with van der Waals surface area (Å²) in [5.74, 6) is 1.34. The van der Waals surface area contributed by atoms with Gasteiger partial charge in [-0.25, -0.2) is 0 Å². The van der Waals surface area contributed by atoms with E-state index in [1.807, 2.05) is 19.1 Å². The third-order valence-corrected chi connectivity index (χ3v) is 2.69. The molecule has 1 atom stereocenters. The number of pyridine rings is 1. The maximum Gasteiger partial charge on any atom is 0.138 e. The average molecular weight is 236 g/mol. The number of aryl methyl sites for hydroxylation is 1. The van der Waals surface area contributed by atoms with Gasteiger partial charge in [-0.05, 0) is 37.9 Å². The first kappa shape index (κ1) is 14.0. The summed E-state index contributed by atoms with van der Waals surface area (Å²) in [5.41, 5.74) is 1.02. The largest absolute Gasteiger partial charge is 0.487 e. The topological polar surface area (TPSA) is 34.1 Å². The van der Waals surface area contributed by atoms with Crippen molar-refractivity contribution in [2.24, 2.45) is 5.92 Å². The van der Waals surface area contributed by atoms with Crippen LogP contribution in [-0.2, 0) is 0 Å². The van der Waals surface area contributed by atoms with E-state index in [2.05, 4.69) is 31.1 Å². The minimum absolute atomic E-state index is 0.200. The van der Waals surface area contributed by atoms with Crippen molar-refractivity contribution in [1.29, 1.82) is 0 Å². The zero-order valence-electron chi connectivity index (χ0n) is 11.4. The van der Waals surface area contributed by atoms with Crippen molar-refractivity contribution >= 4 is 0 Å². The van der Waals surface area contributed by atoms with Gasteiger partial charge in [-0.1, -0.05) is 20.8 Å². The van der Waals surface area contributed by atoms with E-state index in [0.29, 0.717) is 5.92 Å². The number of nitrogens with zero attached hydrogens (tertiary/aromatic N) is 1. The molecule has 0 saturated carbocycles. The van der Waals surface area contributed by atoms with E-state index in [0.717, 1.165) is 31.0 Å². The second kappa shape index (κ2) is 7.28. The van der Waals surface area contributed by atoms with Crippen molar-refractivity contribution in [3.05, 3.63) is 24.0 Å². The molecule has 1 rings (SSSR count). The van der Waals surface area contributed by atoms with Crippen LogP contribution in [-0.4, -0.2) is 24.2 Å². The molecule has 3 heteroatoms. The summed E-state index contributed by atoms with van der Waals surface area (Å²) < 4.78 is 5.95. The second-order valence-electron chi connectivity index (χ2n) is 4.74. The monoisotopic (exact) mass is 236 g/mol. The molecule has 0 spiro atoms. The van der Waals surface area contributed by atoms with Gasteiger partial charge in [0.05, 0.1) is 6.20 Å². The molecule has 0 aromatic carbocycles. The lowest BCUT2D eigenvalue weighted by Gasteiger charge is -2.22. The van der Waals surface area contributed by atoms with Gasteiger partial charge in [0.2, 0.25) is 0 Å². The van der Waals surface area contributed by atoms with Crippen molar-refractivity contribution in [2.45, 2.75) is 40.2 Å². The maximum atomic E-state index is 5.95. The van der Waals surface area contributed by atoms with Crippen molar-refractivity contribution in [1.82, 2.24) is 10.3 Å². The van der Waals surface area contributed by atoms with Crippen LogP contribution in [0.5, 0.6) is 5.75 Å². The Labute approximate surface area is 105 Å². The van der Waals surface area contributed by atoms with Gasteiger partial charge < -0.3 is 10.1 Å². The van der Waals surface area contributed by atoms with E-state index >= 15 is 0 Å². The number of aromatic nitrogens is 1. The molecule has 0 aliphatic carbocycles. The van der Waals surface area contributed by atoms with Gasteiger partial charge in [-0.15, -0.1) is 0 Å². The quantitative estimate of drug-likeness (QED) is 0.739. The molecule has 0 saturated heterocycles. The van der Waals surface area contributed by atoms with Gasteiger partial charge in [-0.2, -0.15) is 0 Å². The standard InChI is InChI=1S/C14H24N2O/c1-5-8-15-10-14(11(2)3)17-13-7-6-12(4)16-9-13/h6-7,9,11,14-15H,5,8,10H2,1-4H3. The molecule has 17 heavy (non-hydrogen) atoms. The minimum Gasteiger partial charge on any atom is -0.487 e. The van der Waals surface area contributed by atoms with E-state index in [1.54, 1.807) is 6.20 Å².